The van der Waals surface area contributed by atoms with Gasteiger partial charge in [-0.25, -0.2) is 0 Å². The molecule has 3 nitrogen and oxygen atoms in total. The highest BCUT2D eigenvalue weighted by Crippen LogP contribution is 2.28. The lowest BCUT2D eigenvalue weighted by Crippen LogP contribution is -2.26. The van der Waals surface area contributed by atoms with E-state index in [9.17, 15) is 9.59 Å². The first-order chi connectivity index (χ1) is 7.72. The SMILES string of the molecule is CCNC(=O)CC1Cc2ccccc2C1=O. The van der Waals surface area contributed by atoms with Gasteiger partial charge < -0.3 is 5.32 Å². The molecule has 0 aliphatic heterocycles. The number of amides is 1. The van der Waals surface area contributed by atoms with E-state index in [1.54, 1.807) is 0 Å². The van der Waals surface area contributed by atoms with Gasteiger partial charge in [-0.15, -0.1) is 0 Å². The van der Waals surface area contributed by atoms with Crippen molar-refractivity contribution in [2.24, 2.45) is 5.92 Å². The molecule has 16 heavy (non-hydrogen) atoms. The zero-order chi connectivity index (χ0) is 11.5. The van der Waals surface area contributed by atoms with Crippen molar-refractivity contribution < 1.29 is 9.59 Å². The third-order valence-electron chi connectivity index (χ3n) is 2.93. The van der Waals surface area contributed by atoms with E-state index < -0.39 is 0 Å². The van der Waals surface area contributed by atoms with Gasteiger partial charge in [-0.05, 0) is 18.9 Å². The van der Waals surface area contributed by atoms with Gasteiger partial charge in [0.1, 0.15) is 0 Å². The number of ketones is 1. The Morgan fingerprint density at radius 2 is 2.19 bits per heavy atom. The molecule has 0 saturated heterocycles. The summed E-state index contributed by atoms with van der Waals surface area (Å²) in [6, 6.07) is 7.60. The van der Waals surface area contributed by atoms with E-state index >= 15 is 0 Å². The van der Waals surface area contributed by atoms with Crippen LogP contribution in [0.2, 0.25) is 0 Å². The summed E-state index contributed by atoms with van der Waals surface area (Å²) < 4.78 is 0. The van der Waals surface area contributed by atoms with E-state index in [2.05, 4.69) is 5.32 Å². The predicted molar refractivity (Wildman–Crippen MR) is 61.3 cm³/mol. The van der Waals surface area contributed by atoms with Gasteiger partial charge in [0.05, 0.1) is 0 Å². The zero-order valence-corrected chi connectivity index (χ0v) is 9.32. The molecule has 0 bridgehead atoms. The van der Waals surface area contributed by atoms with E-state index in [1.165, 1.54) is 0 Å². The molecule has 1 amide bonds. The molecule has 0 fully saturated rings. The molecule has 3 heteroatoms. The van der Waals surface area contributed by atoms with Crippen LogP contribution in [-0.2, 0) is 11.2 Å². The fourth-order valence-electron chi connectivity index (χ4n) is 2.17. The van der Waals surface area contributed by atoms with Crippen LogP contribution in [0.1, 0.15) is 29.3 Å². The maximum atomic E-state index is 12.0. The Labute approximate surface area is 94.9 Å². The normalized spacial score (nSPS) is 18.3. The standard InChI is InChI=1S/C13H15NO2/c1-2-14-12(15)8-10-7-9-5-3-4-6-11(9)13(10)16/h3-6,10H,2,7-8H2,1H3,(H,14,15). The van der Waals surface area contributed by atoms with Gasteiger partial charge in [-0.2, -0.15) is 0 Å². The third kappa shape index (κ3) is 1.98. The van der Waals surface area contributed by atoms with Crippen molar-refractivity contribution >= 4 is 11.7 Å². The molecule has 1 aliphatic carbocycles. The highest BCUT2D eigenvalue weighted by atomic mass is 16.2. The summed E-state index contributed by atoms with van der Waals surface area (Å²) >= 11 is 0. The van der Waals surface area contributed by atoms with Crippen molar-refractivity contribution in [1.29, 1.82) is 0 Å². The molecular formula is C13H15NO2. The van der Waals surface area contributed by atoms with Crippen LogP contribution in [0, 0.1) is 5.92 Å². The van der Waals surface area contributed by atoms with Gasteiger partial charge >= 0.3 is 0 Å². The van der Waals surface area contributed by atoms with Crippen molar-refractivity contribution in [3.05, 3.63) is 35.4 Å². The second-order valence-corrected chi connectivity index (χ2v) is 4.08. The van der Waals surface area contributed by atoms with Crippen LogP contribution < -0.4 is 5.32 Å². The number of nitrogens with one attached hydrogen (secondary N) is 1. The van der Waals surface area contributed by atoms with Crippen LogP contribution in [0.3, 0.4) is 0 Å². The topological polar surface area (TPSA) is 46.2 Å². The van der Waals surface area contributed by atoms with Crippen LogP contribution in [0.25, 0.3) is 0 Å². The second-order valence-electron chi connectivity index (χ2n) is 4.08. The Balaban J connectivity index is 2.07. The van der Waals surface area contributed by atoms with Crippen molar-refractivity contribution in [2.75, 3.05) is 6.54 Å². The molecule has 0 heterocycles. The Morgan fingerprint density at radius 1 is 1.44 bits per heavy atom. The maximum absolute atomic E-state index is 12.0. The first kappa shape index (κ1) is 10.9. The Morgan fingerprint density at radius 3 is 2.88 bits per heavy atom. The number of hydrogen-bond donors (Lipinski definition) is 1. The lowest BCUT2D eigenvalue weighted by atomic mass is 10.0. The lowest BCUT2D eigenvalue weighted by molar-refractivity contribution is -0.121. The molecule has 1 N–H and O–H groups in total. The largest absolute Gasteiger partial charge is 0.356 e. The van der Waals surface area contributed by atoms with Gasteiger partial charge in [0.15, 0.2) is 5.78 Å². The molecule has 1 aromatic rings. The number of carbonyl (C=O) groups is 2. The minimum atomic E-state index is -0.163. The van der Waals surface area contributed by atoms with Crippen LogP contribution in [-0.4, -0.2) is 18.2 Å². The van der Waals surface area contributed by atoms with Gasteiger partial charge in [-0.3, -0.25) is 9.59 Å². The minimum absolute atomic E-state index is 0.0337. The summed E-state index contributed by atoms with van der Waals surface area (Å²) in [7, 11) is 0. The van der Waals surface area contributed by atoms with E-state index in [0.717, 1.165) is 11.1 Å². The highest BCUT2D eigenvalue weighted by molar-refractivity contribution is 6.03. The average molecular weight is 217 g/mol. The van der Waals surface area contributed by atoms with E-state index in [4.69, 9.17) is 0 Å². The van der Waals surface area contributed by atoms with Gasteiger partial charge in [0, 0.05) is 24.4 Å². The van der Waals surface area contributed by atoms with Gasteiger partial charge in [-0.1, -0.05) is 24.3 Å². The summed E-state index contributed by atoms with van der Waals surface area (Å²) in [4.78, 5) is 23.4. The Bertz CT molecular complexity index is 426. The molecule has 1 unspecified atom stereocenters. The molecule has 1 aliphatic rings. The van der Waals surface area contributed by atoms with Crippen molar-refractivity contribution in [3.8, 4) is 0 Å². The van der Waals surface area contributed by atoms with Crippen molar-refractivity contribution in [2.45, 2.75) is 19.8 Å². The van der Waals surface area contributed by atoms with Crippen molar-refractivity contribution in [1.82, 2.24) is 5.32 Å². The molecule has 1 aromatic carbocycles. The molecule has 0 spiro atoms. The molecular weight excluding hydrogens is 202 g/mol. The van der Waals surface area contributed by atoms with Crippen LogP contribution >= 0.6 is 0 Å². The molecule has 0 aromatic heterocycles. The maximum Gasteiger partial charge on any atom is 0.220 e. The number of fused-ring (bicyclic) bond motifs is 1. The summed E-state index contributed by atoms with van der Waals surface area (Å²) in [5.41, 5.74) is 1.86. The van der Waals surface area contributed by atoms with Crippen LogP contribution in [0.4, 0.5) is 0 Å². The first-order valence-electron chi connectivity index (χ1n) is 5.61. The smallest absolute Gasteiger partial charge is 0.220 e. The minimum Gasteiger partial charge on any atom is -0.356 e. The third-order valence-corrected chi connectivity index (χ3v) is 2.93. The van der Waals surface area contributed by atoms with E-state index in [1.807, 2.05) is 31.2 Å². The molecule has 0 saturated carbocycles. The second kappa shape index (κ2) is 4.47. The molecule has 1 atom stereocenters. The van der Waals surface area contributed by atoms with Gasteiger partial charge in [0.25, 0.3) is 0 Å². The van der Waals surface area contributed by atoms with E-state index in [0.29, 0.717) is 19.4 Å². The van der Waals surface area contributed by atoms with Gasteiger partial charge in [0.2, 0.25) is 5.91 Å². The highest BCUT2D eigenvalue weighted by Gasteiger charge is 2.31. The fraction of sp³-hybridized carbons (Fsp3) is 0.385. The number of benzene rings is 1. The summed E-state index contributed by atoms with van der Waals surface area (Å²) in [5, 5.41) is 2.73. The zero-order valence-electron chi connectivity index (χ0n) is 9.32. The Kier molecular flexibility index (Phi) is 3.04. The predicted octanol–water partition coefficient (Wildman–Crippen LogP) is 1.57. The number of hydrogen-bond acceptors (Lipinski definition) is 2. The summed E-state index contributed by atoms with van der Waals surface area (Å²) in [6.45, 7) is 2.50. The summed E-state index contributed by atoms with van der Waals surface area (Å²) in [5.74, 6) is -0.0838. The first-order valence-corrected chi connectivity index (χ1v) is 5.61. The summed E-state index contributed by atoms with van der Waals surface area (Å²) in [6.07, 6.45) is 1.01. The Hall–Kier alpha value is -1.64. The van der Waals surface area contributed by atoms with Crippen molar-refractivity contribution in [3.63, 3.8) is 0 Å². The van der Waals surface area contributed by atoms with Crippen LogP contribution in [0.5, 0.6) is 0 Å². The quantitative estimate of drug-likeness (QED) is 0.835. The molecule has 0 radical (unpaired) electrons. The fourth-order valence-corrected chi connectivity index (χ4v) is 2.17. The molecule has 2 rings (SSSR count). The number of rotatable bonds is 3. The molecule has 84 valence electrons. The average Bonchev–Trinajstić information content (AvgIpc) is 2.57. The van der Waals surface area contributed by atoms with Crippen LogP contribution in [0.15, 0.2) is 24.3 Å². The number of Topliss-reactive ketones (excluding diaryl/α,β-unsaturated/α-hetero) is 1. The monoisotopic (exact) mass is 217 g/mol. The van der Waals surface area contributed by atoms with E-state index in [-0.39, 0.29) is 17.6 Å². The lowest BCUT2D eigenvalue weighted by Gasteiger charge is -2.06. The number of carbonyl (C=O) groups excluding carboxylic acids is 2.